The van der Waals surface area contributed by atoms with Gasteiger partial charge >= 0.3 is 5.97 Å². The lowest BCUT2D eigenvalue weighted by molar-refractivity contribution is -0.141. The zero-order valence-corrected chi connectivity index (χ0v) is 7.10. The van der Waals surface area contributed by atoms with Crippen LogP contribution in [0.4, 0.5) is 0 Å². The van der Waals surface area contributed by atoms with E-state index in [1.807, 2.05) is 0 Å². The van der Waals surface area contributed by atoms with Crippen molar-refractivity contribution in [1.82, 2.24) is 5.32 Å². The quantitative estimate of drug-likeness (QED) is 0.525. The predicted octanol–water partition coefficient (Wildman–Crippen LogP) is -0.104. The fraction of sp³-hybridized carbons (Fsp3) is 0.667. The minimum atomic E-state index is -1.05. The molecule has 1 atom stereocenters. The van der Waals surface area contributed by atoms with Gasteiger partial charge in [0.2, 0.25) is 5.91 Å². The summed E-state index contributed by atoms with van der Waals surface area (Å²) in [5.41, 5.74) is 0. The number of hydrogen-bond donors (Lipinski definition) is 3. The van der Waals surface area contributed by atoms with Crippen LogP contribution in [0.2, 0.25) is 0 Å². The van der Waals surface area contributed by atoms with Crippen LogP contribution in [-0.2, 0) is 9.59 Å². The number of carbonyl (C=O) groups excluding carboxylic acids is 1. The summed E-state index contributed by atoms with van der Waals surface area (Å²) in [7, 11) is 0. The molecule has 11 heavy (non-hydrogen) atoms. The molecule has 0 saturated carbocycles. The molecule has 0 aliphatic carbocycles. The fourth-order valence-electron chi connectivity index (χ4n) is 0.482. The highest BCUT2D eigenvalue weighted by atomic mass is 32.1. The third kappa shape index (κ3) is 3.87. The third-order valence-electron chi connectivity index (χ3n) is 1.14. The molecule has 2 N–H and O–H groups in total. The van der Waals surface area contributed by atoms with Gasteiger partial charge in [-0.25, -0.2) is 4.79 Å². The van der Waals surface area contributed by atoms with E-state index in [9.17, 15) is 9.59 Å². The van der Waals surface area contributed by atoms with Crippen LogP contribution >= 0.6 is 12.6 Å². The van der Waals surface area contributed by atoms with Crippen molar-refractivity contribution in [1.29, 1.82) is 0 Å². The molecule has 0 aromatic carbocycles. The Morgan fingerprint density at radius 1 is 1.64 bits per heavy atom. The van der Waals surface area contributed by atoms with Crippen molar-refractivity contribution >= 4 is 24.5 Å². The SMILES string of the molecule is CCC(=O)N[C@@H](CS)C(=O)O. The van der Waals surface area contributed by atoms with Crippen LogP contribution in [0.1, 0.15) is 13.3 Å². The molecule has 0 heterocycles. The highest BCUT2D eigenvalue weighted by Crippen LogP contribution is 1.89. The molecule has 0 bridgehead atoms. The highest BCUT2D eigenvalue weighted by molar-refractivity contribution is 7.80. The predicted molar refractivity (Wildman–Crippen MR) is 43.7 cm³/mol. The number of aliphatic carboxylic acids is 1. The van der Waals surface area contributed by atoms with E-state index in [1.165, 1.54) is 0 Å². The minimum Gasteiger partial charge on any atom is -0.480 e. The van der Waals surface area contributed by atoms with Crippen molar-refractivity contribution in [3.8, 4) is 0 Å². The van der Waals surface area contributed by atoms with E-state index in [1.54, 1.807) is 6.92 Å². The van der Waals surface area contributed by atoms with Crippen LogP contribution in [0.25, 0.3) is 0 Å². The molecule has 64 valence electrons. The summed E-state index contributed by atoms with van der Waals surface area (Å²) >= 11 is 3.77. The summed E-state index contributed by atoms with van der Waals surface area (Å²) in [6.07, 6.45) is 0.289. The maximum atomic E-state index is 10.7. The van der Waals surface area contributed by atoms with Gasteiger partial charge in [-0.1, -0.05) is 6.92 Å². The van der Waals surface area contributed by atoms with Crippen molar-refractivity contribution in [2.24, 2.45) is 0 Å². The van der Waals surface area contributed by atoms with E-state index in [-0.39, 0.29) is 18.1 Å². The van der Waals surface area contributed by atoms with E-state index in [0.717, 1.165) is 0 Å². The van der Waals surface area contributed by atoms with Crippen molar-refractivity contribution in [3.05, 3.63) is 0 Å². The molecular weight excluding hydrogens is 166 g/mol. The second kappa shape index (κ2) is 5.01. The van der Waals surface area contributed by atoms with E-state index in [0.29, 0.717) is 0 Å². The van der Waals surface area contributed by atoms with Gasteiger partial charge in [-0.15, -0.1) is 0 Å². The van der Waals surface area contributed by atoms with Crippen LogP contribution < -0.4 is 5.32 Å². The number of thiol groups is 1. The van der Waals surface area contributed by atoms with Crippen molar-refractivity contribution in [2.45, 2.75) is 19.4 Å². The molecule has 0 aromatic rings. The molecule has 0 aromatic heterocycles. The van der Waals surface area contributed by atoms with Gasteiger partial charge < -0.3 is 10.4 Å². The molecular formula is C6H11NO3S. The largest absolute Gasteiger partial charge is 0.480 e. The summed E-state index contributed by atoms with van der Waals surface area (Å²) in [5, 5.41) is 10.8. The van der Waals surface area contributed by atoms with Crippen LogP contribution in [0, 0.1) is 0 Å². The molecule has 0 rings (SSSR count). The molecule has 0 aliphatic heterocycles. The van der Waals surface area contributed by atoms with Crippen molar-refractivity contribution in [3.63, 3.8) is 0 Å². The van der Waals surface area contributed by atoms with E-state index < -0.39 is 12.0 Å². The zero-order valence-electron chi connectivity index (χ0n) is 6.20. The van der Waals surface area contributed by atoms with Crippen LogP contribution in [0.3, 0.4) is 0 Å². The molecule has 0 aliphatic rings. The Hall–Kier alpha value is -0.710. The maximum absolute atomic E-state index is 10.7. The van der Waals surface area contributed by atoms with Gasteiger partial charge in [0.15, 0.2) is 0 Å². The van der Waals surface area contributed by atoms with Gasteiger partial charge in [-0.05, 0) is 0 Å². The van der Waals surface area contributed by atoms with Crippen molar-refractivity contribution in [2.75, 3.05) is 5.75 Å². The van der Waals surface area contributed by atoms with Gasteiger partial charge in [0.05, 0.1) is 0 Å². The number of hydrogen-bond acceptors (Lipinski definition) is 3. The Labute approximate surface area is 70.4 Å². The first-order valence-electron chi connectivity index (χ1n) is 3.24. The molecule has 0 fully saturated rings. The molecule has 0 saturated heterocycles. The Morgan fingerprint density at radius 3 is 2.45 bits per heavy atom. The van der Waals surface area contributed by atoms with Gasteiger partial charge in [0.25, 0.3) is 0 Å². The first-order valence-corrected chi connectivity index (χ1v) is 3.88. The molecule has 4 nitrogen and oxygen atoms in total. The van der Waals surface area contributed by atoms with Crippen molar-refractivity contribution < 1.29 is 14.7 Å². The molecule has 0 spiro atoms. The van der Waals surface area contributed by atoms with Gasteiger partial charge in [0, 0.05) is 12.2 Å². The monoisotopic (exact) mass is 177 g/mol. The standard InChI is InChI=1S/C6H11NO3S/c1-2-5(8)7-4(3-11)6(9)10/h4,11H,2-3H2,1H3,(H,7,8)(H,9,10)/t4-/m0/s1. The number of amides is 1. The summed E-state index contributed by atoms with van der Waals surface area (Å²) in [6, 6.07) is -0.870. The molecule has 0 radical (unpaired) electrons. The van der Waals surface area contributed by atoms with Gasteiger partial charge in [0.1, 0.15) is 6.04 Å². The first kappa shape index (κ1) is 10.3. The lowest BCUT2D eigenvalue weighted by Crippen LogP contribution is -2.41. The Kier molecular flexibility index (Phi) is 4.69. The summed E-state index contributed by atoms with van der Waals surface area (Å²) in [4.78, 5) is 21.0. The molecule has 0 unspecified atom stereocenters. The summed E-state index contributed by atoms with van der Waals surface area (Å²) in [5.74, 6) is -1.21. The average Bonchev–Trinajstić information content (AvgIpc) is 1.99. The van der Waals surface area contributed by atoms with Crippen LogP contribution in [-0.4, -0.2) is 28.8 Å². The number of nitrogens with one attached hydrogen (secondary N) is 1. The smallest absolute Gasteiger partial charge is 0.327 e. The second-order valence-electron chi connectivity index (χ2n) is 1.99. The number of rotatable bonds is 4. The van der Waals surface area contributed by atoms with Crippen LogP contribution in [0.15, 0.2) is 0 Å². The maximum Gasteiger partial charge on any atom is 0.327 e. The number of carbonyl (C=O) groups is 2. The van der Waals surface area contributed by atoms with E-state index >= 15 is 0 Å². The Balaban J connectivity index is 3.88. The highest BCUT2D eigenvalue weighted by Gasteiger charge is 2.16. The topological polar surface area (TPSA) is 66.4 Å². The van der Waals surface area contributed by atoms with E-state index in [4.69, 9.17) is 5.11 Å². The van der Waals surface area contributed by atoms with Crippen LogP contribution in [0.5, 0.6) is 0 Å². The minimum absolute atomic E-state index is 0.112. The average molecular weight is 177 g/mol. The number of carboxylic acids is 1. The summed E-state index contributed by atoms with van der Waals surface area (Å²) < 4.78 is 0. The zero-order chi connectivity index (χ0) is 8.85. The third-order valence-corrected chi connectivity index (χ3v) is 1.50. The van der Waals surface area contributed by atoms with Gasteiger partial charge in [-0.2, -0.15) is 12.6 Å². The summed E-state index contributed by atoms with van der Waals surface area (Å²) in [6.45, 7) is 1.66. The van der Waals surface area contributed by atoms with Gasteiger partial charge in [-0.3, -0.25) is 4.79 Å². The number of carboxylic acid groups (broad SMARTS) is 1. The Morgan fingerprint density at radius 2 is 2.18 bits per heavy atom. The fourth-order valence-corrected chi connectivity index (χ4v) is 0.729. The molecule has 1 amide bonds. The lowest BCUT2D eigenvalue weighted by Gasteiger charge is -2.09. The first-order chi connectivity index (χ1) is 5.11. The van der Waals surface area contributed by atoms with E-state index in [2.05, 4.69) is 17.9 Å². The molecule has 5 heteroatoms. The Bertz CT molecular complexity index is 160. The normalized spacial score (nSPS) is 12.2. The lowest BCUT2D eigenvalue weighted by atomic mass is 10.3. The second-order valence-corrected chi connectivity index (χ2v) is 2.36.